The predicted octanol–water partition coefficient (Wildman–Crippen LogP) is 2.74. The average molecular weight is 333 g/mol. The number of halogens is 1. The molecule has 1 aromatic carbocycles. The van der Waals surface area contributed by atoms with Crippen molar-refractivity contribution in [1.29, 1.82) is 0 Å². The molecular weight excluding hydrogens is 304 g/mol. The Morgan fingerprint density at radius 2 is 1.64 bits per heavy atom. The van der Waals surface area contributed by atoms with Crippen LogP contribution in [0.1, 0.15) is 38.1 Å². The van der Waals surface area contributed by atoms with E-state index in [1.54, 1.807) is 12.1 Å². The fourth-order valence-corrected chi connectivity index (χ4v) is 1.73. The summed E-state index contributed by atoms with van der Waals surface area (Å²) in [5, 5.41) is 17.4. The summed E-state index contributed by atoms with van der Waals surface area (Å²) in [7, 11) is 0. The van der Waals surface area contributed by atoms with Crippen LogP contribution in [0, 0.1) is 5.41 Å². The molecule has 0 radical (unpaired) electrons. The first kappa shape index (κ1) is 23.0. The molecule has 0 heterocycles. The van der Waals surface area contributed by atoms with E-state index in [0.717, 1.165) is 19.6 Å². The first-order valence-electron chi connectivity index (χ1n) is 7.17. The summed E-state index contributed by atoms with van der Waals surface area (Å²) >= 11 is 0. The highest BCUT2D eigenvalue weighted by molar-refractivity contribution is 5.87. The highest BCUT2D eigenvalue weighted by Crippen LogP contribution is 2.15. The zero-order valence-electron chi connectivity index (χ0n) is 13.9. The number of benzene rings is 1. The van der Waals surface area contributed by atoms with Crippen molar-refractivity contribution in [1.82, 2.24) is 4.90 Å². The number of nitrogens with two attached hydrogens (primary N) is 1. The SMILES string of the molecule is CCN(CC)CC(C)(C)CO.Cl.Nc1ccc(C(=O)O)cc1. The van der Waals surface area contributed by atoms with E-state index in [1.807, 2.05) is 0 Å². The number of aromatic carboxylic acids is 1. The maximum absolute atomic E-state index is 10.3. The molecule has 1 rings (SSSR count). The number of carboxylic acids is 1. The summed E-state index contributed by atoms with van der Waals surface area (Å²) in [6.07, 6.45) is 0. The molecule has 22 heavy (non-hydrogen) atoms. The van der Waals surface area contributed by atoms with E-state index >= 15 is 0 Å². The molecule has 0 spiro atoms. The third-order valence-electron chi connectivity index (χ3n) is 3.13. The van der Waals surface area contributed by atoms with Crippen LogP contribution < -0.4 is 5.73 Å². The van der Waals surface area contributed by atoms with Crippen LogP contribution in [0.15, 0.2) is 24.3 Å². The van der Waals surface area contributed by atoms with Crippen molar-refractivity contribution in [2.75, 3.05) is 32.0 Å². The van der Waals surface area contributed by atoms with E-state index < -0.39 is 5.97 Å². The van der Waals surface area contributed by atoms with Gasteiger partial charge in [-0.25, -0.2) is 4.79 Å². The molecule has 0 aliphatic carbocycles. The number of rotatable bonds is 6. The van der Waals surface area contributed by atoms with Crippen molar-refractivity contribution < 1.29 is 15.0 Å². The van der Waals surface area contributed by atoms with Gasteiger partial charge in [-0.3, -0.25) is 0 Å². The number of anilines is 1. The molecule has 0 saturated carbocycles. The van der Waals surface area contributed by atoms with Crippen molar-refractivity contribution >= 4 is 24.1 Å². The zero-order chi connectivity index (χ0) is 16.5. The van der Waals surface area contributed by atoms with Crippen molar-refractivity contribution in [3.63, 3.8) is 0 Å². The minimum absolute atomic E-state index is 0. The monoisotopic (exact) mass is 332 g/mol. The summed E-state index contributed by atoms with van der Waals surface area (Å²) in [4.78, 5) is 12.6. The van der Waals surface area contributed by atoms with Gasteiger partial charge in [-0.05, 0) is 37.4 Å². The van der Waals surface area contributed by atoms with E-state index in [0.29, 0.717) is 5.69 Å². The maximum atomic E-state index is 10.3. The third kappa shape index (κ3) is 9.60. The highest BCUT2D eigenvalue weighted by atomic mass is 35.5. The number of aliphatic hydroxyl groups excluding tert-OH is 1. The van der Waals surface area contributed by atoms with Crippen molar-refractivity contribution in [3.05, 3.63) is 29.8 Å². The molecule has 0 amide bonds. The highest BCUT2D eigenvalue weighted by Gasteiger charge is 2.18. The lowest BCUT2D eigenvalue weighted by atomic mass is 9.94. The number of carboxylic acid groups (broad SMARTS) is 1. The standard InChI is InChI=1S/C9H21NO.C7H7NO2.ClH/c1-5-10(6-2)7-9(3,4)8-11;8-6-3-1-5(2-4-6)7(9)10;/h11H,5-8H2,1-4H3;1-4H,8H2,(H,9,10);1H. The fourth-order valence-electron chi connectivity index (χ4n) is 1.73. The van der Waals surface area contributed by atoms with Crippen LogP contribution in [0.4, 0.5) is 5.69 Å². The van der Waals surface area contributed by atoms with E-state index in [4.69, 9.17) is 15.9 Å². The van der Waals surface area contributed by atoms with Crippen LogP contribution in [0.3, 0.4) is 0 Å². The van der Waals surface area contributed by atoms with E-state index in [2.05, 4.69) is 32.6 Å². The summed E-state index contributed by atoms with van der Waals surface area (Å²) in [5.41, 5.74) is 6.21. The Morgan fingerprint density at radius 1 is 1.18 bits per heavy atom. The number of hydrogen-bond donors (Lipinski definition) is 3. The van der Waals surface area contributed by atoms with Crippen LogP contribution in [0.2, 0.25) is 0 Å². The third-order valence-corrected chi connectivity index (χ3v) is 3.13. The normalized spacial score (nSPS) is 10.5. The van der Waals surface area contributed by atoms with Gasteiger partial charge in [0.2, 0.25) is 0 Å². The molecule has 0 aliphatic rings. The van der Waals surface area contributed by atoms with Gasteiger partial charge in [0.15, 0.2) is 0 Å². The summed E-state index contributed by atoms with van der Waals surface area (Å²) in [6.45, 7) is 11.9. The summed E-state index contributed by atoms with van der Waals surface area (Å²) in [6, 6.07) is 6.06. The van der Waals surface area contributed by atoms with Crippen molar-refractivity contribution in [2.45, 2.75) is 27.7 Å². The lowest BCUT2D eigenvalue weighted by Gasteiger charge is -2.29. The van der Waals surface area contributed by atoms with Crippen LogP contribution in [-0.2, 0) is 0 Å². The second-order valence-electron chi connectivity index (χ2n) is 5.71. The molecule has 0 aliphatic heterocycles. The molecule has 1 aromatic rings. The van der Waals surface area contributed by atoms with Gasteiger partial charge < -0.3 is 20.8 Å². The molecule has 6 heteroatoms. The van der Waals surface area contributed by atoms with E-state index in [-0.39, 0.29) is 30.0 Å². The molecule has 0 unspecified atom stereocenters. The van der Waals surface area contributed by atoms with Gasteiger partial charge in [-0.2, -0.15) is 0 Å². The molecular formula is C16H29ClN2O3. The summed E-state index contributed by atoms with van der Waals surface area (Å²) < 4.78 is 0. The quantitative estimate of drug-likeness (QED) is 0.697. The summed E-state index contributed by atoms with van der Waals surface area (Å²) in [5.74, 6) is -0.931. The number of nitrogen functional groups attached to an aromatic ring is 1. The van der Waals surface area contributed by atoms with Gasteiger partial charge in [0.1, 0.15) is 0 Å². The first-order chi connectivity index (χ1) is 9.75. The minimum atomic E-state index is -0.931. The van der Waals surface area contributed by atoms with Gasteiger partial charge in [0.05, 0.1) is 5.56 Å². The molecule has 4 N–H and O–H groups in total. The van der Waals surface area contributed by atoms with Gasteiger partial charge >= 0.3 is 5.97 Å². The maximum Gasteiger partial charge on any atom is 0.335 e. The van der Waals surface area contributed by atoms with Crippen LogP contribution >= 0.6 is 12.4 Å². The van der Waals surface area contributed by atoms with Crippen LogP contribution in [0.5, 0.6) is 0 Å². The molecule has 0 aromatic heterocycles. The average Bonchev–Trinajstić information content (AvgIpc) is 2.46. The second-order valence-corrected chi connectivity index (χ2v) is 5.71. The number of carbonyl (C=O) groups is 1. The van der Waals surface area contributed by atoms with Crippen molar-refractivity contribution in [3.8, 4) is 0 Å². The minimum Gasteiger partial charge on any atom is -0.478 e. The fraction of sp³-hybridized carbons (Fsp3) is 0.562. The Bertz CT molecular complexity index is 418. The van der Waals surface area contributed by atoms with E-state index in [1.165, 1.54) is 12.1 Å². The molecule has 0 atom stereocenters. The molecule has 0 bridgehead atoms. The molecule has 0 fully saturated rings. The van der Waals surface area contributed by atoms with Crippen LogP contribution in [-0.4, -0.2) is 47.3 Å². The van der Waals surface area contributed by atoms with E-state index in [9.17, 15) is 4.79 Å². The Balaban J connectivity index is 0. The Kier molecular flexibility index (Phi) is 11.8. The van der Waals surface area contributed by atoms with Gasteiger partial charge in [-0.1, -0.05) is 27.7 Å². The number of hydrogen-bond acceptors (Lipinski definition) is 4. The lowest BCUT2D eigenvalue weighted by Crippen LogP contribution is -2.36. The molecule has 5 nitrogen and oxygen atoms in total. The Hall–Kier alpha value is -1.30. The van der Waals surface area contributed by atoms with Gasteiger partial charge in [0, 0.05) is 24.3 Å². The Morgan fingerprint density at radius 3 is 1.95 bits per heavy atom. The van der Waals surface area contributed by atoms with Gasteiger partial charge in [0.25, 0.3) is 0 Å². The predicted molar refractivity (Wildman–Crippen MR) is 93.7 cm³/mol. The molecule has 128 valence electrons. The first-order valence-corrected chi connectivity index (χ1v) is 7.17. The largest absolute Gasteiger partial charge is 0.478 e. The zero-order valence-corrected chi connectivity index (χ0v) is 14.7. The molecule has 0 saturated heterocycles. The van der Waals surface area contributed by atoms with Crippen molar-refractivity contribution in [2.24, 2.45) is 5.41 Å². The smallest absolute Gasteiger partial charge is 0.335 e. The second kappa shape index (κ2) is 11.3. The van der Waals surface area contributed by atoms with Crippen LogP contribution in [0.25, 0.3) is 0 Å². The topological polar surface area (TPSA) is 86.8 Å². The number of nitrogens with zero attached hydrogens (tertiary/aromatic N) is 1. The lowest BCUT2D eigenvalue weighted by molar-refractivity contribution is 0.0697. The Labute approximate surface area is 139 Å². The van der Waals surface area contributed by atoms with Gasteiger partial charge in [-0.15, -0.1) is 12.4 Å². The number of aliphatic hydroxyl groups is 1.